The number of sulfonamides is 1. The molecule has 2 rings (SSSR count). The van der Waals surface area contributed by atoms with Gasteiger partial charge in [-0.1, -0.05) is 12.1 Å². The van der Waals surface area contributed by atoms with Crippen LogP contribution in [-0.4, -0.2) is 38.7 Å². The van der Waals surface area contributed by atoms with Gasteiger partial charge < -0.3 is 10.1 Å². The SMILES string of the molecule is CN(C)S(=O)(=O)c1cccc(COC(=O)c2ccc(NC(=O)CC#N)cc2)c1. The van der Waals surface area contributed by atoms with E-state index in [1.54, 1.807) is 18.2 Å². The van der Waals surface area contributed by atoms with Gasteiger partial charge in [0.05, 0.1) is 16.5 Å². The lowest BCUT2D eigenvalue weighted by Crippen LogP contribution is -2.22. The van der Waals surface area contributed by atoms with Gasteiger partial charge in [0.1, 0.15) is 13.0 Å². The summed E-state index contributed by atoms with van der Waals surface area (Å²) in [7, 11) is -0.693. The number of nitrogens with zero attached hydrogens (tertiary/aromatic N) is 2. The van der Waals surface area contributed by atoms with Crippen LogP contribution in [0.2, 0.25) is 0 Å². The van der Waals surface area contributed by atoms with Crippen molar-refractivity contribution in [3.63, 3.8) is 0 Å². The number of esters is 1. The van der Waals surface area contributed by atoms with Gasteiger partial charge in [0.2, 0.25) is 15.9 Å². The molecule has 0 spiro atoms. The monoisotopic (exact) mass is 401 g/mol. The number of anilines is 1. The zero-order chi connectivity index (χ0) is 20.7. The minimum Gasteiger partial charge on any atom is -0.457 e. The molecule has 2 aromatic carbocycles. The highest BCUT2D eigenvalue weighted by molar-refractivity contribution is 7.89. The molecule has 0 bridgehead atoms. The van der Waals surface area contributed by atoms with Gasteiger partial charge in [0.15, 0.2) is 0 Å². The van der Waals surface area contributed by atoms with E-state index in [0.717, 1.165) is 4.31 Å². The zero-order valence-corrected chi connectivity index (χ0v) is 16.2. The molecule has 0 aliphatic heterocycles. The summed E-state index contributed by atoms with van der Waals surface area (Å²) in [5, 5.41) is 11.0. The van der Waals surface area contributed by atoms with Crippen LogP contribution in [0.4, 0.5) is 5.69 Å². The number of rotatable bonds is 7. The summed E-state index contributed by atoms with van der Waals surface area (Å²) in [5.41, 5.74) is 1.27. The van der Waals surface area contributed by atoms with Crippen molar-refractivity contribution in [2.75, 3.05) is 19.4 Å². The third kappa shape index (κ3) is 5.39. The molecule has 28 heavy (non-hydrogen) atoms. The first kappa shape index (κ1) is 21.1. The molecule has 0 unspecified atom stereocenters. The van der Waals surface area contributed by atoms with E-state index in [9.17, 15) is 18.0 Å². The van der Waals surface area contributed by atoms with Crippen LogP contribution in [0.3, 0.4) is 0 Å². The minimum atomic E-state index is -3.57. The molecule has 0 saturated carbocycles. The van der Waals surface area contributed by atoms with Gasteiger partial charge in [-0.05, 0) is 42.0 Å². The van der Waals surface area contributed by atoms with Crippen molar-refractivity contribution < 1.29 is 22.7 Å². The largest absolute Gasteiger partial charge is 0.457 e. The highest BCUT2D eigenvalue weighted by Gasteiger charge is 2.17. The summed E-state index contributed by atoms with van der Waals surface area (Å²) in [6, 6.07) is 13.9. The Balaban J connectivity index is 2.01. The fourth-order valence-electron chi connectivity index (χ4n) is 2.21. The number of amides is 1. The first-order valence-corrected chi connectivity index (χ1v) is 9.63. The van der Waals surface area contributed by atoms with Crippen LogP contribution in [0.25, 0.3) is 0 Å². The van der Waals surface area contributed by atoms with Gasteiger partial charge in [-0.2, -0.15) is 5.26 Å². The van der Waals surface area contributed by atoms with Gasteiger partial charge in [0.25, 0.3) is 0 Å². The van der Waals surface area contributed by atoms with Crippen LogP contribution >= 0.6 is 0 Å². The second-order valence-corrected chi connectivity index (χ2v) is 8.12. The normalized spacial score (nSPS) is 10.9. The Kier molecular flexibility index (Phi) is 6.87. The quantitative estimate of drug-likeness (QED) is 0.711. The highest BCUT2D eigenvalue weighted by Crippen LogP contribution is 2.16. The lowest BCUT2D eigenvalue weighted by Gasteiger charge is -2.12. The highest BCUT2D eigenvalue weighted by atomic mass is 32.2. The molecule has 8 nitrogen and oxygen atoms in total. The standard InChI is InChI=1S/C19H19N3O5S/c1-22(2)28(25,26)17-5-3-4-14(12-17)13-27-19(24)15-6-8-16(9-7-15)21-18(23)10-11-20/h3-9,12H,10,13H2,1-2H3,(H,21,23). The van der Waals surface area contributed by atoms with E-state index in [1.807, 2.05) is 0 Å². The van der Waals surface area contributed by atoms with Crippen molar-refractivity contribution in [3.05, 3.63) is 59.7 Å². The minimum absolute atomic E-state index is 0.0870. The van der Waals surface area contributed by atoms with Crippen LogP contribution in [0, 0.1) is 11.3 Å². The predicted molar refractivity (Wildman–Crippen MR) is 102 cm³/mol. The van der Waals surface area contributed by atoms with Gasteiger partial charge in [0, 0.05) is 19.8 Å². The number of nitrogens with one attached hydrogen (secondary N) is 1. The Labute approximate surface area is 163 Å². The Morgan fingerprint density at radius 2 is 1.82 bits per heavy atom. The van der Waals surface area contributed by atoms with Crippen LogP contribution in [-0.2, 0) is 26.2 Å². The van der Waals surface area contributed by atoms with Crippen molar-refractivity contribution in [2.45, 2.75) is 17.9 Å². The second kappa shape index (κ2) is 9.12. The molecular weight excluding hydrogens is 382 g/mol. The summed E-state index contributed by atoms with van der Waals surface area (Å²) in [6.07, 6.45) is -0.258. The van der Waals surface area contributed by atoms with Crippen molar-refractivity contribution in [3.8, 4) is 6.07 Å². The smallest absolute Gasteiger partial charge is 0.338 e. The Bertz CT molecular complexity index is 1010. The van der Waals surface area contributed by atoms with Gasteiger partial charge in [-0.25, -0.2) is 17.5 Å². The van der Waals surface area contributed by atoms with E-state index in [2.05, 4.69) is 5.32 Å². The summed E-state index contributed by atoms with van der Waals surface area (Å²) in [5.74, 6) is -1.03. The molecule has 146 valence electrons. The maximum absolute atomic E-state index is 12.2. The second-order valence-electron chi connectivity index (χ2n) is 5.97. The maximum atomic E-state index is 12.2. The summed E-state index contributed by atoms with van der Waals surface area (Å²) >= 11 is 0. The molecular formula is C19H19N3O5S. The molecule has 9 heteroatoms. The van der Waals surface area contributed by atoms with Crippen LogP contribution < -0.4 is 5.32 Å². The Morgan fingerprint density at radius 3 is 2.43 bits per heavy atom. The van der Waals surface area contributed by atoms with Crippen molar-refractivity contribution in [2.24, 2.45) is 0 Å². The first-order valence-electron chi connectivity index (χ1n) is 8.19. The lowest BCUT2D eigenvalue weighted by atomic mass is 10.2. The number of hydrogen-bond acceptors (Lipinski definition) is 6. The van der Waals surface area contributed by atoms with E-state index < -0.39 is 21.9 Å². The van der Waals surface area contributed by atoms with Gasteiger partial charge >= 0.3 is 5.97 Å². The number of hydrogen-bond donors (Lipinski definition) is 1. The molecule has 0 atom stereocenters. The molecule has 0 aliphatic carbocycles. The Hall–Kier alpha value is -3.22. The van der Waals surface area contributed by atoms with E-state index in [4.69, 9.17) is 10.00 Å². The average Bonchev–Trinajstić information content (AvgIpc) is 2.67. The number of benzene rings is 2. The molecule has 0 fully saturated rings. The zero-order valence-electron chi connectivity index (χ0n) is 15.4. The molecule has 0 aliphatic rings. The fraction of sp³-hybridized carbons (Fsp3) is 0.211. The number of nitriles is 1. The number of carbonyl (C=O) groups is 2. The maximum Gasteiger partial charge on any atom is 0.338 e. The van der Waals surface area contributed by atoms with E-state index >= 15 is 0 Å². The van der Waals surface area contributed by atoms with Crippen molar-refractivity contribution >= 4 is 27.6 Å². The molecule has 0 saturated heterocycles. The predicted octanol–water partition coefficient (Wildman–Crippen LogP) is 2.15. The summed E-state index contributed by atoms with van der Waals surface area (Å²) in [4.78, 5) is 23.6. The van der Waals surface area contributed by atoms with Crippen LogP contribution in [0.15, 0.2) is 53.4 Å². The van der Waals surface area contributed by atoms with E-state index in [0.29, 0.717) is 11.3 Å². The van der Waals surface area contributed by atoms with Crippen LogP contribution in [0.5, 0.6) is 0 Å². The topological polar surface area (TPSA) is 117 Å². The molecule has 1 N–H and O–H groups in total. The third-order valence-electron chi connectivity index (χ3n) is 3.69. The van der Waals surface area contributed by atoms with Gasteiger partial charge in [-0.3, -0.25) is 4.79 Å². The molecule has 0 radical (unpaired) electrons. The molecule has 0 heterocycles. The lowest BCUT2D eigenvalue weighted by molar-refractivity contribution is -0.115. The summed E-state index contributed by atoms with van der Waals surface area (Å²) in [6.45, 7) is -0.0870. The Morgan fingerprint density at radius 1 is 1.14 bits per heavy atom. The van der Waals surface area contributed by atoms with Crippen LogP contribution in [0.1, 0.15) is 22.3 Å². The van der Waals surface area contributed by atoms with E-state index in [-0.39, 0.29) is 23.5 Å². The number of carbonyl (C=O) groups excluding carboxylic acids is 2. The fourth-order valence-corrected chi connectivity index (χ4v) is 3.18. The number of ether oxygens (including phenoxy) is 1. The average molecular weight is 401 g/mol. The molecule has 2 aromatic rings. The first-order chi connectivity index (χ1) is 13.2. The molecule has 1 amide bonds. The van der Waals surface area contributed by atoms with Crippen molar-refractivity contribution in [1.29, 1.82) is 5.26 Å². The molecule has 0 aromatic heterocycles. The third-order valence-corrected chi connectivity index (χ3v) is 5.50. The van der Waals surface area contributed by atoms with E-state index in [1.165, 1.54) is 50.5 Å². The van der Waals surface area contributed by atoms with Gasteiger partial charge in [-0.15, -0.1) is 0 Å². The van der Waals surface area contributed by atoms with Crippen molar-refractivity contribution in [1.82, 2.24) is 4.31 Å². The summed E-state index contributed by atoms with van der Waals surface area (Å²) < 4.78 is 30.7.